The van der Waals surface area contributed by atoms with Crippen molar-refractivity contribution in [1.29, 1.82) is 0 Å². The van der Waals surface area contributed by atoms with E-state index in [1.807, 2.05) is 134 Å². The molecule has 1 amide bonds. The van der Waals surface area contributed by atoms with Gasteiger partial charge in [-0.15, -0.1) is 0 Å². The highest BCUT2D eigenvalue weighted by atomic mass is 79.9. The Labute approximate surface area is 379 Å². The van der Waals surface area contributed by atoms with E-state index in [2.05, 4.69) is 21.1 Å². The number of ketones is 3. The Hall–Kier alpha value is -4.50. The predicted molar refractivity (Wildman–Crippen MR) is 243 cm³/mol. The van der Waals surface area contributed by atoms with Gasteiger partial charge in [-0.1, -0.05) is 102 Å². The van der Waals surface area contributed by atoms with Crippen LogP contribution in [0.1, 0.15) is 110 Å². The zero-order chi connectivity index (χ0) is 46.0. The number of rotatable bonds is 12. The fourth-order valence-corrected chi connectivity index (χ4v) is 11.4. The molecule has 7 rings (SSSR count). The number of hydrogen-bond donors (Lipinski definition) is 0. The SMILES string of the molecule is CC(=O)N(Cc1c(F)c2c(c(OCc3ccccc3)c1Br)C(=O)C1C(=O)[C@]3(O[Si](C)(C)C(C)(C)C)C(=O)c4c(OCc5ccccc5)noc4[C@@H](N(C)C)[C@@H]3C[C@@H]1C2)CC(C)(C)C. The first-order chi connectivity index (χ1) is 29.5. The van der Waals surface area contributed by atoms with Crippen LogP contribution in [0.3, 0.4) is 0 Å². The highest BCUT2D eigenvalue weighted by Gasteiger charge is 2.70. The van der Waals surface area contributed by atoms with Crippen molar-refractivity contribution in [3.8, 4) is 11.6 Å². The molecular formula is C49H59BrFN3O8Si. The number of aromatic nitrogens is 1. The van der Waals surface area contributed by atoms with Gasteiger partial charge in [0.15, 0.2) is 31.2 Å². The molecule has 14 heteroatoms. The molecule has 336 valence electrons. The molecule has 1 saturated carbocycles. The van der Waals surface area contributed by atoms with Gasteiger partial charge in [-0.2, -0.15) is 0 Å². The van der Waals surface area contributed by atoms with E-state index in [0.717, 1.165) is 11.1 Å². The third-order valence-corrected chi connectivity index (χ3v) is 18.6. The summed E-state index contributed by atoms with van der Waals surface area (Å²) in [6.45, 7) is 17.9. The van der Waals surface area contributed by atoms with Gasteiger partial charge < -0.3 is 23.3 Å². The molecule has 4 aromatic rings. The van der Waals surface area contributed by atoms with E-state index in [9.17, 15) is 4.79 Å². The maximum absolute atomic E-state index is 17.5. The van der Waals surface area contributed by atoms with E-state index in [1.54, 1.807) is 4.90 Å². The largest absolute Gasteiger partial charge is 0.487 e. The summed E-state index contributed by atoms with van der Waals surface area (Å²) in [5.74, 6) is -5.47. The molecule has 3 aliphatic carbocycles. The zero-order valence-corrected chi connectivity index (χ0v) is 40.8. The topological polar surface area (TPSA) is 128 Å². The lowest BCUT2D eigenvalue weighted by atomic mass is 9.54. The number of nitrogens with zero attached hydrogens (tertiary/aromatic N) is 3. The third kappa shape index (κ3) is 8.48. The van der Waals surface area contributed by atoms with Crippen molar-refractivity contribution in [3.05, 3.63) is 110 Å². The highest BCUT2D eigenvalue weighted by Crippen LogP contribution is 2.59. The Bertz CT molecular complexity index is 2430. The first kappa shape index (κ1) is 46.5. The molecule has 3 aromatic carbocycles. The molecule has 63 heavy (non-hydrogen) atoms. The second kappa shape index (κ2) is 17.1. The Morgan fingerprint density at radius 3 is 2.06 bits per heavy atom. The second-order valence-corrected chi connectivity index (χ2v) is 25.9. The van der Waals surface area contributed by atoms with Crippen LogP contribution in [0.15, 0.2) is 69.7 Å². The number of amides is 1. The predicted octanol–water partition coefficient (Wildman–Crippen LogP) is 9.95. The summed E-state index contributed by atoms with van der Waals surface area (Å²) in [7, 11) is 0.662. The Kier molecular flexibility index (Phi) is 12.6. The minimum Gasteiger partial charge on any atom is -0.487 e. The summed E-state index contributed by atoms with van der Waals surface area (Å²) in [6.07, 6.45) is 0.153. The maximum atomic E-state index is 17.5. The summed E-state index contributed by atoms with van der Waals surface area (Å²) >= 11 is 3.64. The standard InChI is InChI=1S/C49H59BrFN3O8Si/c1-28(55)54(27-47(2,3)4)24-33-38(50)42(59-25-29-18-14-12-15-19-29)36-32(39(33)51)22-31-23-34-40(53(8)9)43-37(46(52-61-43)60-26-30-20-16-13-17-21-30)45(58)49(34,44(57)35(31)41(36)56)62-63(10,11)48(5,6)7/h12-21,31,34-35,40H,22-27H2,1-11H3/t31-,34-,35?,40-,49-/m0/s1. The minimum atomic E-state index is -3.01. The van der Waals surface area contributed by atoms with Crippen molar-refractivity contribution < 1.29 is 42.0 Å². The second-order valence-electron chi connectivity index (χ2n) is 20.3. The molecule has 11 nitrogen and oxygen atoms in total. The van der Waals surface area contributed by atoms with Crippen molar-refractivity contribution >= 4 is 47.5 Å². The highest BCUT2D eigenvalue weighted by molar-refractivity contribution is 9.10. The molecule has 0 spiro atoms. The van der Waals surface area contributed by atoms with Crippen LogP contribution in [-0.4, -0.2) is 72.8 Å². The molecular weight excluding hydrogens is 886 g/mol. The van der Waals surface area contributed by atoms with E-state index in [-0.39, 0.29) is 88.0 Å². The van der Waals surface area contributed by atoms with Gasteiger partial charge in [0.1, 0.15) is 30.3 Å². The van der Waals surface area contributed by atoms with Gasteiger partial charge in [0.25, 0.3) is 5.88 Å². The molecule has 1 unspecified atom stereocenters. The molecule has 0 radical (unpaired) electrons. The number of carbonyl (C=O) groups excluding carboxylic acids is 4. The van der Waals surface area contributed by atoms with Crippen molar-refractivity contribution in [2.75, 3.05) is 20.6 Å². The summed E-state index contributed by atoms with van der Waals surface area (Å²) in [5, 5.41) is 3.82. The lowest BCUT2D eigenvalue weighted by Crippen LogP contribution is -2.70. The lowest BCUT2D eigenvalue weighted by Gasteiger charge is -2.56. The molecule has 0 aliphatic heterocycles. The lowest BCUT2D eigenvalue weighted by molar-refractivity contribution is -0.151. The van der Waals surface area contributed by atoms with E-state index in [1.165, 1.54) is 6.92 Å². The van der Waals surface area contributed by atoms with Crippen LogP contribution in [0.25, 0.3) is 0 Å². The average Bonchev–Trinajstić information content (AvgIpc) is 3.62. The molecule has 1 aromatic heterocycles. The number of halogens is 2. The van der Waals surface area contributed by atoms with Crippen LogP contribution >= 0.6 is 15.9 Å². The average molecular weight is 945 g/mol. The summed E-state index contributed by atoms with van der Waals surface area (Å²) < 4.78 is 43.6. The molecule has 5 atom stereocenters. The van der Waals surface area contributed by atoms with E-state index in [0.29, 0.717) is 6.54 Å². The van der Waals surface area contributed by atoms with Gasteiger partial charge in [0, 0.05) is 37.1 Å². The molecule has 3 aliphatic rings. The van der Waals surface area contributed by atoms with Gasteiger partial charge in [0.2, 0.25) is 11.7 Å². The fourth-order valence-electron chi connectivity index (χ4n) is 9.32. The maximum Gasteiger partial charge on any atom is 0.265 e. The van der Waals surface area contributed by atoms with Gasteiger partial charge in [-0.25, -0.2) is 4.39 Å². The smallest absolute Gasteiger partial charge is 0.265 e. The summed E-state index contributed by atoms with van der Waals surface area (Å²) in [6, 6.07) is 18.1. The minimum absolute atomic E-state index is 0.000340. The van der Waals surface area contributed by atoms with Crippen LogP contribution in [0.4, 0.5) is 4.39 Å². The molecule has 0 bridgehead atoms. The zero-order valence-electron chi connectivity index (χ0n) is 38.2. The van der Waals surface area contributed by atoms with Crippen molar-refractivity contribution in [3.63, 3.8) is 0 Å². The van der Waals surface area contributed by atoms with Crippen molar-refractivity contribution in [2.24, 2.45) is 23.2 Å². The van der Waals surface area contributed by atoms with Crippen LogP contribution in [0.5, 0.6) is 11.6 Å². The number of hydrogen-bond acceptors (Lipinski definition) is 10. The number of fused-ring (bicyclic) bond motifs is 4. The van der Waals surface area contributed by atoms with E-state index in [4.69, 9.17) is 18.4 Å². The molecule has 0 saturated heterocycles. The number of carbonyl (C=O) groups is 4. The van der Waals surface area contributed by atoms with E-state index < -0.39 is 65.9 Å². The quantitative estimate of drug-likeness (QED) is 0.100. The van der Waals surface area contributed by atoms with Gasteiger partial charge in [0.05, 0.1) is 22.0 Å². The van der Waals surface area contributed by atoms with Crippen LogP contribution in [0, 0.1) is 29.0 Å². The van der Waals surface area contributed by atoms with E-state index >= 15 is 18.8 Å². The van der Waals surface area contributed by atoms with Gasteiger partial charge in [-0.3, -0.25) is 24.1 Å². The Morgan fingerprint density at radius 2 is 1.52 bits per heavy atom. The first-order valence-electron chi connectivity index (χ1n) is 21.6. The van der Waals surface area contributed by atoms with Crippen LogP contribution < -0.4 is 9.47 Å². The number of benzene rings is 3. The molecule has 1 heterocycles. The van der Waals surface area contributed by atoms with Crippen LogP contribution in [0.2, 0.25) is 18.1 Å². The third-order valence-electron chi connectivity index (χ3n) is 13.3. The molecule has 1 fully saturated rings. The first-order valence-corrected chi connectivity index (χ1v) is 25.3. The summed E-state index contributed by atoms with van der Waals surface area (Å²) in [5.41, 5.74) is -0.523. The fraction of sp³-hybridized carbons (Fsp3) is 0.490. The monoisotopic (exact) mass is 943 g/mol. The Balaban J connectivity index is 1.40. The van der Waals surface area contributed by atoms with Crippen molar-refractivity contribution in [2.45, 2.75) is 111 Å². The Morgan fingerprint density at radius 1 is 0.937 bits per heavy atom. The molecule has 0 N–H and O–H groups in total. The van der Waals surface area contributed by atoms with Gasteiger partial charge in [-0.05, 0) is 88.6 Å². The van der Waals surface area contributed by atoms with Gasteiger partial charge >= 0.3 is 0 Å². The normalized spacial score (nSPS) is 22.3. The number of Topliss-reactive ketones (excluding diaryl/α,β-unsaturated/α-hetero) is 3. The summed E-state index contributed by atoms with van der Waals surface area (Å²) in [4.78, 5) is 63.6. The van der Waals surface area contributed by atoms with Crippen LogP contribution in [-0.2, 0) is 40.2 Å². The number of ether oxygens (including phenoxy) is 2. The van der Waals surface area contributed by atoms with Crippen molar-refractivity contribution in [1.82, 2.24) is 15.0 Å².